The molecule has 2 aromatic carbocycles. The second-order valence-electron chi connectivity index (χ2n) is 7.34. The fourth-order valence-corrected chi connectivity index (χ4v) is 5.07. The van der Waals surface area contributed by atoms with Gasteiger partial charge in [0.15, 0.2) is 5.60 Å². The van der Waals surface area contributed by atoms with E-state index in [1.54, 1.807) is 13.8 Å². The van der Waals surface area contributed by atoms with Crippen molar-refractivity contribution in [1.29, 1.82) is 0 Å². The van der Waals surface area contributed by atoms with Crippen molar-refractivity contribution >= 4 is 38.9 Å². The lowest BCUT2D eigenvalue weighted by Gasteiger charge is -2.30. The van der Waals surface area contributed by atoms with Crippen molar-refractivity contribution in [3.8, 4) is 0 Å². The Labute approximate surface area is 183 Å². The number of aliphatic hydroxyl groups is 1. The van der Waals surface area contributed by atoms with E-state index in [0.717, 1.165) is 16.4 Å². The number of nitrogens with zero attached hydrogens (tertiary/aromatic N) is 1. The van der Waals surface area contributed by atoms with E-state index in [-0.39, 0.29) is 21.3 Å². The Hall–Kier alpha value is -2.30. The number of benzene rings is 2. The molecule has 0 heterocycles. The molecule has 0 aliphatic rings. The molecule has 0 aliphatic heterocycles. The maximum Gasteiger partial charge on any atom is 0.421 e. The number of nitrogens with one attached hydrogen (secondary N) is 1. The average molecular weight is 479 g/mol. The third kappa shape index (κ3) is 5.13. The molecular formula is C20H22ClF3N2O4S. The van der Waals surface area contributed by atoms with Crippen LogP contribution in [0.2, 0.25) is 5.02 Å². The van der Waals surface area contributed by atoms with Gasteiger partial charge >= 0.3 is 6.18 Å². The SMILES string of the molecule is CC(=O)Nc1ccc(Cl)c(S(=O)(=O)N(c2ccc(C(C)(O)C(F)(F)F)cc2)C(C)C)c1. The molecule has 0 aliphatic carbocycles. The van der Waals surface area contributed by atoms with Crippen LogP contribution >= 0.6 is 11.6 Å². The van der Waals surface area contributed by atoms with Gasteiger partial charge < -0.3 is 10.4 Å². The number of rotatable bonds is 6. The fraction of sp³-hybridized carbons (Fsp3) is 0.350. The number of carbonyl (C=O) groups excluding carboxylic acids is 1. The van der Waals surface area contributed by atoms with Gasteiger partial charge in [0.1, 0.15) is 4.90 Å². The number of hydrogen-bond donors (Lipinski definition) is 2. The Morgan fingerprint density at radius 3 is 2.13 bits per heavy atom. The topological polar surface area (TPSA) is 86.7 Å². The highest BCUT2D eigenvalue weighted by Gasteiger charge is 2.51. The van der Waals surface area contributed by atoms with E-state index in [1.807, 2.05) is 0 Å². The van der Waals surface area contributed by atoms with Gasteiger partial charge in [-0.15, -0.1) is 0 Å². The van der Waals surface area contributed by atoms with Gasteiger partial charge in [-0.25, -0.2) is 8.42 Å². The summed E-state index contributed by atoms with van der Waals surface area (Å²) < 4.78 is 67.0. The largest absolute Gasteiger partial charge is 0.421 e. The highest BCUT2D eigenvalue weighted by molar-refractivity contribution is 7.93. The molecular weight excluding hydrogens is 457 g/mol. The molecule has 1 amide bonds. The van der Waals surface area contributed by atoms with Gasteiger partial charge in [-0.2, -0.15) is 13.2 Å². The van der Waals surface area contributed by atoms with Crippen molar-refractivity contribution in [3.05, 3.63) is 53.1 Å². The van der Waals surface area contributed by atoms with Crippen LogP contribution in [0.3, 0.4) is 0 Å². The fourth-order valence-electron chi connectivity index (χ4n) is 2.90. The van der Waals surface area contributed by atoms with Gasteiger partial charge in [0, 0.05) is 18.7 Å². The summed E-state index contributed by atoms with van der Waals surface area (Å²) >= 11 is 6.11. The van der Waals surface area contributed by atoms with E-state index in [1.165, 1.54) is 37.3 Å². The summed E-state index contributed by atoms with van der Waals surface area (Å²) in [7, 11) is -4.25. The molecule has 2 N–H and O–H groups in total. The summed E-state index contributed by atoms with van der Waals surface area (Å²) in [6.45, 7) is 5.05. The second-order valence-corrected chi connectivity index (χ2v) is 9.53. The molecule has 170 valence electrons. The number of sulfonamides is 1. The summed E-state index contributed by atoms with van der Waals surface area (Å²) in [5.41, 5.74) is -3.23. The first-order valence-corrected chi connectivity index (χ1v) is 10.9. The highest BCUT2D eigenvalue weighted by Crippen LogP contribution is 2.39. The van der Waals surface area contributed by atoms with Crippen LogP contribution in [0.25, 0.3) is 0 Å². The summed E-state index contributed by atoms with van der Waals surface area (Å²) in [5.74, 6) is -0.404. The van der Waals surface area contributed by atoms with E-state index < -0.39 is 39.3 Å². The second kappa shape index (κ2) is 8.68. The maximum atomic E-state index is 13.4. The number of halogens is 4. The minimum Gasteiger partial charge on any atom is -0.376 e. The first-order chi connectivity index (χ1) is 14.1. The molecule has 0 spiro atoms. The molecule has 0 radical (unpaired) electrons. The Bertz CT molecular complexity index is 1070. The standard InChI is InChI=1S/C20H22ClF3N2O4S/c1-12(2)26(16-8-5-14(6-9-16)19(4,28)20(22,23)24)31(29,30)18-11-15(25-13(3)27)7-10-17(18)21/h5-12,28H,1-4H3,(H,25,27). The molecule has 0 saturated heterocycles. The van der Waals surface area contributed by atoms with Gasteiger partial charge in [-0.1, -0.05) is 23.7 Å². The number of alkyl halides is 3. The summed E-state index contributed by atoms with van der Waals surface area (Å²) in [6.07, 6.45) is -4.91. The van der Waals surface area contributed by atoms with E-state index in [4.69, 9.17) is 11.6 Å². The minimum atomic E-state index is -4.91. The van der Waals surface area contributed by atoms with Crippen molar-refractivity contribution in [2.24, 2.45) is 0 Å². The number of hydrogen-bond acceptors (Lipinski definition) is 4. The zero-order valence-corrected chi connectivity index (χ0v) is 18.7. The quantitative estimate of drug-likeness (QED) is 0.631. The highest BCUT2D eigenvalue weighted by atomic mass is 35.5. The van der Waals surface area contributed by atoms with Crippen molar-refractivity contribution in [3.63, 3.8) is 0 Å². The molecule has 0 aromatic heterocycles. The molecule has 2 rings (SSSR count). The zero-order valence-electron chi connectivity index (χ0n) is 17.2. The number of carbonyl (C=O) groups is 1. The lowest BCUT2D eigenvalue weighted by atomic mass is 9.95. The Kier molecular flexibility index (Phi) is 6.99. The van der Waals surface area contributed by atoms with Crippen molar-refractivity contribution < 1.29 is 31.5 Å². The first-order valence-electron chi connectivity index (χ1n) is 9.10. The van der Waals surface area contributed by atoms with Crippen LogP contribution in [-0.2, 0) is 20.4 Å². The third-order valence-corrected chi connectivity index (χ3v) is 6.98. The van der Waals surface area contributed by atoms with Crippen molar-refractivity contribution in [1.82, 2.24) is 0 Å². The summed E-state index contributed by atoms with van der Waals surface area (Å²) in [4.78, 5) is 11.0. The smallest absolute Gasteiger partial charge is 0.376 e. The van der Waals surface area contributed by atoms with Crippen molar-refractivity contribution in [2.75, 3.05) is 9.62 Å². The molecule has 31 heavy (non-hydrogen) atoms. The van der Waals surface area contributed by atoms with E-state index in [9.17, 15) is 31.5 Å². The van der Waals surface area contributed by atoms with Gasteiger partial charge in [-0.05, 0) is 56.7 Å². The number of amides is 1. The monoisotopic (exact) mass is 478 g/mol. The predicted molar refractivity (Wildman–Crippen MR) is 113 cm³/mol. The predicted octanol–water partition coefficient (Wildman–Crippen LogP) is 4.67. The molecule has 2 aromatic rings. The van der Waals surface area contributed by atoms with Crippen LogP contribution in [0.5, 0.6) is 0 Å². The van der Waals surface area contributed by atoms with Gasteiger partial charge in [-0.3, -0.25) is 9.10 Å². The Balaban J connectivity index is 2.55. The Morgan fingerprint density at radius 2 is 1.68 bits per heavy atom. The molecule has 6 nitrogen and oxygen atoms in total. The van der Waals surface area contributed by atoms with E-state index >= 15 is 0 Å². The van der Waals surface area contributed by atoms with Crippen LogP contribution in [-0.4, -0.2) is 31.6 Å². The zero-order chi connectivity index (χ0) is 23.8. The molecule has 0 fully saturated rings. The lowest BCUT2D eigenvalue weighted by molar-refractivity contribution is -0.258. The minimum absolute atomic E-state index is 0.0812. The molecule has 0 bridgehead atoms. The van der Waals surface area contributed by atoms with Crippen LogP contribution in [0, 0.1) is 0 Å². The first kappa shape index (κ1) is 25.0. The van der Waals surface area contributed by atoms with Crippen molar-refractivity contribution in [2.45, 2.75) is 50.4 Å². The molecule has 1 atom stereocenters. The van der Waals surface area contributed by atoms with Crippen LogP contribution in [0.4, 0.5) is 24.5 Å². The normalized spacial score (nSPS) is 14.3. The lowest BCUT2D eigenvalue weighted by Crippen LogP contribution is -2.39. The van der Waals surface area contributed by atoms with Gasteiger partial charge in [0.25, 0.3) is 10.0 Å². The van der Waals surface area contributed by atoms with Crippen LogP contribution in [0.15, 0.2) is 47.4 Å². The van der Waals surface area contributed by atoms with Gasteiger partial charge in [0.2, 0.25) is 5.91 Å². The van der Waals surface area contributed by atoms with Crippen LogP contribution < -0.4 is 9.62 Å². The van der Waals surface area contributed by atoms with E-state index in [2.05, 4.69) is 5.32 Å². The Morgan fingerprint density at radius 1 is 1.13 bits per heavy atom. The summed E-state index contributed by atoms with van der Waals surface area (Å²) in [5, 5.41) is 12.2. The average Bonchev–Trinajstić information content (AvgIpc) is 2.62. The summed E-state index contributed by atoms with van der Waals surface area (Å²) in [6, 6.07) is 7.73. The molecule has 0 saturated carbocycles. The molecule has 11 heteroatoms. The maximum absolute atomic E-state index is 13.4. The third-order valence-electron chi connectivity index (χ3n) is 4.49. The number of anilines is 2. The molecule has 1 unspecified atom stereocenters. The van der Waals surface area contributed by atoms with E-state index in [0.29, 0.717) is 6.92 Å². The van der Waals surface area contributed by atoms with Gasteiger partial charge in [0.05, 0.1) is 10.7 Å². The van der Waals surface area contributed by atoms with Crippen LogP contribution in [0.1, 0.15) is 33.3 Å².